The maximum Gasteiger partial charge on any atom is 0.238 e. The van der Waals surface area contributed by atoms with Crippen molar-refractivity contribution < 1.29 is 18.0 Å². The van der Waals surface area contributed by atoms with Crippen LogP contribution in [0.5, 0.6) is 0 Å². The molecule has 3 N–H and O–H groups in total. The van der Waals surface area contributed by atoms with Gasteiger partial charge >= 0.3 is 0 Å². The van der Waals surface area contributed by atoms with Crippen molar-refractivity contribution in [2.24, 2.45) is 11.1 Å². The molecule has 0 radical (unpaired) electrons. The molecule has 0 spiro atoms. The number of amides is 2. The molecule has 1 saturated heterocycles. The molecule has 0 saturated carbocycles. The lowest BCUT2D eigenvalue weighted by molar-refractivity contribution is -0.133. The quantitative estimate of drug-likeness (QED) is 0.791. The van der Waals surface area contributed by atoms with Gasteiger partial charge in [0, 0.05) is 26.6 Å². The van der Waals surface area contributed by atoms with E-state index in [4.69, 9.17) is 5.14 Å². The van der Waals surface area contributed by atoms with Crippen LogP contribution < -0.4 is 10.5 Å². The Bertz CT molecular complexity index is 701. The third-order valence-electron chi connectivity index (χ3n) is 4.20. The third-order valence-corrected chi connectivity index (χ3v) is 5.13. The summed E-state index contributed by atoms with van der Waals surface area (Å²) in [6, 6.07) is 6.28. The van der Waals surface area contributed by atoms with Crippen LogP contribution in [0.25, 0.3) is 0 Å². The summed E-state index contributed by atoms with van der Waals surface area (Å²) in [4.78, 5) is 25.4. The number of carbonyl (C=O) groups is 2. The molecule has 1 aromatic rings. The second kappa shape index (κ2) is 7.76. The largest absolute Gasteiger partial charge is 0.355 e. The minimum absolute atomic E-state index is 0.00226. The molecule has 0 unspecified atom stereocenters. The van der Waals surface area contributed by atoms with Crippen LogP contribution in [-0.2, 0) is 26.0 Å². The zero-order chi connectivity index (χ0) is 17.7. The summed E-state index contributed by atoms with van der Waals surface area (Å²) in [5.74, 6) is -0.197. The van der Waals surface area contributed by atoms with Crippen molar-refractivity contribution in [3.05, 3.63) is 29.8 Å². The Morgan fingerprint density at radius 3 is 2.54 bits per heavy atom. The molecule has 1 aliphatic rings. The minimum atomic E-state index is -3.68. The summed E-state index contributed by atoms with van der Waals surface area (Å²) < 4.78 is 22.4. The van der Waals surface area contributed by atoms with Gasteiger partial charge < -0.3 is 10.2 Å². The van der Waals surface area contributed by atoms with Gasteiger partial charge in [0.05, 0.1) is 10.8 Å². The predicted molar refractivity (Wildman–Crippen MR) is 89.5 cm³/mol. The van der Waals surface area contributed by atoms with E-state index in [-0.39, 0.29) is 22.6 Å². The van der Waals surface area contributed by atoms with Crippen LogP contribution in [0, 0.1) is 5.92 Å². The van der Waals surface area contributed by atoms with Crippen molar-refractivity contribution in [2.45, 2.75) is 31.1 Å². The fraction of sp³-hybridized carbons (Fsp3) is 0.500. The van der Waals surface area contributed by atoms with Crippen molar-refractivity contribution in [3.8, 4) is 0 Å². The summed E-state index contributed by atoms with van der Waals surface area (Å²) in [6.45, 7) is 3.18. The number of sulfonamides is 1. The number of likely N-dealkylation sites (tertiary alicyclic amines) is 1. The van der Waals surface area contributed by atoms with Gasteiger partial charge in [0.15, 0.2) is 0 Å². The Morgan fingerprint density at radius 1 is 1.29 bits per heavy atom. The second-order valence-corrected chi connectivity index (χ2v) is 7.60. The van der Waals surface area contributed by atoms with Crippen LogP contribution in [0.15, 0.2) is 29.2 Å². The van der Waals surface area contributed by atoms with Crippen LogP contribution >= 0.6 is 0 Å². The van der Waals surface area contributed by atoms with Crippen LogP contribution in [0.1, 0.15) is 25.3 Å². The van der Waals surface area contributed by atoms with Gasteiger partial charge in [-0.2, -0.15) is 0 Å². The molecular weight excluding hydrogens is 330 g/mol. The molecule has 2 rings (SSSR count). The van der Waals surface area contributed by atoms with Crippen molar-refractivity contribution in [2.75, 3.05) is 19.6 Å². The molecule has 0 aromatic heterocycles. The average molecular weight is 353 g/mol. The maximum absolute atomic E-state index is 12.2. The molecule has 0 aliphatic carbocycles. The number of hydrogen-bond donors (Lipinski definition) is 2. The highest BCUT2D eigenvalue weighted by atomic mass is 32.2. The van der Waals surface area contributed by atoms with Gasteiger partial charge in [0.1, 0.15) is 0 Å². The lowest BCUT2D eigenvalue weighted by Gasteiger charge is -2.31. The Balaban J connectivity index is 1.81. The standard InChI is InChI=1S/C16H23N3O4S/c1-12(20)19-10-2-3-14(11-19)16(21)18-9-8-13-4-6-15(7-5-13)24(17,22)23/h4-7,14H,2-3,8-11H2,1H3,(H,18,21)(H2,17,22,23)/t14-/m1/s1. The summed E-state index contributed by atoms with van der Waals surface area (Å²) in [7, 11) is -3.68. The number of benzene rings is 1. The summed E-state index contributed by atoms with van der Waals surface area (Å²) >= 11 is 0. The van der Waals surface area contributed by atoms with Crippen LogP contribution in [0.2, 0.25) is 0 Å². The highest BCUT2D eigenvalue weighted by molar-refractivity contribution is 7.89. The zero-order valence-electron chi connectivity index (χ0n) is 13.7. The van der Waals surface area contributed by atoms with Crippen molar-refractivity contribution >= 4 is 21.8 Å². The smallest absolute Gasteiger partial charge is 0.238 e. The van der Waals surface area contributed by atoms with E-state index in [1.54, 1.807) is 17.0 Å². The van der Waals surface area contributed by atoms with E-state index in [1.807, 2.05) is 0 Å². The number of rotatable bonds is 5. The maximum atomic E-state index is 12.2. The molecule has 1 atom stereocenters. The molecule has 0 bridgehead atoms. The molecule has 8 heteroatoms. The SMILES string of the molecule is CC(=O)N1CCC[C@@H](C(=O)NCCc2ccc(S(N)(=O)=O)cc2)C1. The van der Waals surface area contributed by atoms with Gasteiger partial charge in [-0.15, -0.1) is 0 Å². The van der Waals surface area contributed by atoms with Gasteiger partial charge in [0.2, 0.25) is 21.8 Å². The number of nitrogens with zero attached hydrogens (tertiary/aromatic N) is 1. The molecule has 7 nitrogen and oxygen atoms in total. The number of hydrogen-bond acceptors (Lipinski definition) is 4. The molecule has 1 heterocycles. The summed E-state index contributed by atoms with van der Waals surface area (Å²) in [5, 5.41) is 7.93. The lowest BCUT2D eigenvalue weighted by atomic mass is 9.97. The van der Waals surface area contributed by atoms with Gasteiger partial charge in [-0.25, -0.2) is 13.6 Å². The van der Waals surface area contributed by atoms with Gasteiger partial charge in [-0.3, -0.25) is 9.59 Å². The molecule has 1 aliphatic heterocycles. The van der Waals surface area contributed by atoms with Crippen molar-refractivity contribution in [1.82, 2.24) is 10.2 Å². The third kappa shape index (κ3) is 5.04. The van der Waals surface area contributed by atoms with Crippen LogP contribution in [0.3, 0.4) is 0 Å². The fourth-order valence-electron chi connectivity index (χ4n) is 2.80. The normalized spacial score (nSPS) is 18.2. The van der Waals surface area contributed by atoms with E-state index in [2.05, 4.69) is 5.32 Å². The van der Waals surface area contributed by atoms with Gasteiger partial charge in [-0.05, 0) is 37.0 Å². The van der Waals surface area contributed by atoms with E-state index < -0.39 is 10.0 Å². The zero-order valence-corrected chi connectivity index (χ0v) is 14.5. The highest BCUT2D eigenvalue weighted by Gasteiger charge is 2.26. The van der Waals surface area contributed by atoms with Gasteiger partial charge in [0.25, 0.3) is 0 Å². The van der Waals surface area contributed by atoms with E-state index in [9.17, 15) is 18.0 Å². The molecule has 1 aromatic carbocycles. The Kier molecular flexibility index (Phi) is 5.95. The number of piperidine rings is 1. The number of carbonyl (C=O) groups excluding carboxylic acids is 2. The Morgan fingerprint density at radius 2 is 1.96 bits per heavy atom. The first kappa shape index (κ1) is 18.4. The number of primary sulfonamides is 1. The first-order valence-electron chi connectivity index (χ1n) is 7.92. The van der Waals surface area contributed by atoms with E-state index in [0.29, 0.717) is 19.5 Å². The first-order valence-corrected chi connectivity index (χ1v) is 9.47. The monoisotopic (exact) mass is 353 g/mol. The molecule has 24 heavy (non-hydrogen) atoms. The Hall–Kier alpha value is -1.93. The van der Waals surface area contributed by atoms with Gasteiger partial charge in [-0.1, -0.05) is 12.1 Å². The summed E-state index contributed by atoms with van der Waals surface area (Å²) in [5.41, 5.74) is 0.914. The first-order chi connectivity index (χ1) is 11.3. The predicted octanol–water partition coefficient (Wildman–Crippen LogP) is 0.251. The topological polar surface area (TPSA) is 110 Å². The molecule has 1 fully saturated rings. The fourth-order valence-corrected chi connectivity index (χ4v) is 3.31. The van der Waals surface area contributed by atoms with E-state index in [0.717, 1.165) is 24.9 Å². The number of nitrogens with one attached hydrogen (secondary N) is 1. The summed E-state index contributed by atoms with van der Waals surface area (Å²) in [6.07, 6.45) is 2.23. The van der Waals surface area contributed by atoms with Crippen molar-refractivity contribution in [1.29, 1.82) is 0 Å². The molecular formula is C16H23N3O4S. The van der Waals surface area contributed by atoms with E-state index in [1.165, 1.54) is 19.1 Å². The Labute approximate surface area is 142 Å². The highest BCUT2D eigenvalue weighted by Crippen LogP contribution is 2.16. The van der Waals surface area contributed by atoms with E-state index >= 15 is 0 Å². The molecule has 132 valence electrons. The van der Waals surface area contributed by atoms with Crippen LogP contribution in [0.4, 0.5) is 0 Å². The molecule has 2 amide bonds. The van der Waals surface area contributed by atoms with Crippen LogP contribution in [-0.4, -0.2) is 44.8 Å². The second-order valence-electron chi connectivity index (χ2n) is 6.03. The number of nitrogens with two attached hydrogens (primary N) is 1. The minimum Gasteiger partial charge on any atom is -0.355 e. The van der Waals surface area contributed by atoms with Crippen molar-refractivity contribution in [3.63, 3.8) is 0 Å². The lowest BCUT2D eigenvalue weighted by Crippen LogP contribution is -2.45. The average Bonchev–Trinajstić information content (AvgIpc) is 2.54.